The molecule has 3 aromatic rings. The van der Waals surface area contributed by atoms with Gasteiger partial charge >= 0.3 is 5.97 Å². The molecule has 2 aromatic carbocycles. The number of carbonyl (C=O) groups excluding carboxylic acids is 2. The van der Waals surface area contributed by atoms with E-state index in [-0.39, 0.29) is 23.9 Å². The van der Waals surface area contributed by atoms with Crippen molar-refractivity contribution in [3.63, 3.8) is 0 Å². The number of anilines is 1. The highest BCUT2D eigenvalue weighted by Gasteiger charge is 2.35. The van der Waals surface area contributed by atoms with Crippen LogP contribution in [0.1, 0.15) is 31.2 Å². The molecule has 0 unspecified atom stereocenters. The maximum Gasteiger partial charge on any atom is 0.335 e. The Morgan fingerprint density at radius 1 is 1.13 bits per heavy atom. The van der Waals surface area contributed by atoms with Crippen molar-refractivity contribution in [3.8, 4) is 0 Å². The van der Waals surface area contributed by atoms with Gasteiger partial charge in [0.05, 0.1) is 16.8 Å². The molecule has 0 radical (unpaired) electrons. The smallest absolute Gasteiger partial charge is 0.335 e. The lowest BCUT2D eigenvalue weighted by Gasteiger charge is -2.28. The summed E-state index contributed by atoms with van der Waals surface area (Å²) in [6, 6.07) is 14.2. The SMILES string of the molecule is O=C(O)c1ccc(CN2C(=O)c3ccc(Cl)cc3NC(=O)[C@H]2Cc2cccs2)cc1. The number of halogens is 1. The van der Waals surface area contributed by atoms with Crippen LogP contribution in [0.25, 0.3) is 0 Å². The number of fused-ring (bicyclic) bond motifs is 1. The maximum atomic E-state index is 13.4. The summed E-state index contributed by atoms with van der Waals surface area (Å²) in [6.45, 7) is 0.171. The van der Waals surface area contributed by atoms with Crippen molar-refractivity contribution in [2.45, 2.75) is 19.0 Å². The van der Waals surface area contributed by atoms with Crippen LogP contribution in [-0.4, -0.2) is 33.8 Å². The first kappa shape index (κ1) is 20.1. The molecule has 0 saturated heterocycles. The van der Waals surface area contributed by atoms with E-state index in [0.29, 0.717) is 22.7 Å². The second-order valence-corrected chi connectivity index (χ2v) is 8.38. The second kappa shape index (κ2) is 8.30. The topological polar surface area (TPSA) is 86.7 Å². The summed E-state index contributed by atoms with van der Waals surface area (Å²) < 4.78 is 0. The Hall–Kier alpha value is -3.16. The molecule has 152 valence electrons. The number of nitrogens with one attached hydrogen (secondary N) is 1. The van der Waals surface area contributed by atoms with Crippen LogP contribution in [0.2, 0.25) is 5.02 Å². The van der Waals surface area contributed by atoms with Gasteiger partial charge in [0, 0.05) is 22.9 Å². The van der Waals surface area contributed by atoms with Gasteiger partial charge in [0.15, 0.2) is 0 Å². The van der Waals surface area contributed by atoms with Crippen molar-refractivity contribution in [2.24, 2.45) is 0 Å². The molecule has 1 aromatic heterocycles. The number of carbonyl (C=O) groups is 3. The Morgan fingerprint density at radius 2 is 1.90 bits per heavy atom. The number of rotatable bonds is 5. The summed E-state index contributed by atoms with van der Waals surface area (Å²) in [5, 5.41) is 14.3. The normalized spacial score (nSPS) is 16.0. The van der Waals surface area contributed by atoms with Crippen molar-refractivity contribution >= 4 is 46.4 Å². The van der Waals surface area contributed by atoms with Crippen LogP contribution in [0.4, 0.5) is 5.69 Å². The van der Waals surface area contributed by atoms with Crippen molar-refractivity contribution < 1.29 is 19.5 Å². The van der Waals surface area contributed by atoms with E-state index in [1.54, 1.807) is 30.3 Å². The van der Waals surface area contributed by atoms with Gasteiger partial charge in [-0.25, -0.2) is 4.79 Å². The third-order valence-corrected chi connectivity index (χ3v) is 6.07. The lowest BCUT2D eigenvalue weighted by atomic mass is 10.1. The Bertz CT molecular complexity index is 1110. The summed E-state index contributed by atoms with van der Waals surface area (Å²) >= 11 is 7.58. The third-order valence-electron chi connectivity index (χ3n) is 4.94. The highest BCUT2D eigenvalue weighted by atomic mass is 35.5. The lowest BCUT2D eigenvalue weighted by molar-refractivity contribution is -0.120. The van der Waals surface area contributed by atoms with Crippen LogP contribution in [0.3, 0.4) is 0 Å². The van der Waals surface area contributed by atoms with Gasteiger partial charge in [-0.05, 0) is 47.3 Å². The van der Waals surface area contributed by atoms with Crippen molar-refractivity contribution in [1.29, 1.82) is 0 Å². The van der Waals surface area contributed by atoms with Crippen molar-refractivity contribution in [1.82, 2.24) is 4.90 Å². The summed E-state index contributed by atoms with van der Waals surface area (Å²) in [4.78, 5) is 40.1. The molecule has 4 rings (SSSR count). The first-order valence-electron chi connectivity index (χ1n) is 9.18. The number of aromatic carboxylic acids is 1. The number of carboxylic acids is 1. The Labute approximate surface area is 181 Å². The van der Waals surface area contributed by atoms with Crippen molar-refractivity contribution in [2.75, 3.05) is 5.32 Å². The molecular formula is C22H17ClN2O4S. The van der Waals surface area contributed by atoms with E-state index in [2.05, 4.69) is 5.32 Å². The zero-order valence-electron chi connectivity index (χ0n) is 15.7. The molecule has 8 heteroatoms. The first-order chi connectivity index (χ1) is 14.4. The summed E-state index contributed by atoms with van der Waals surface area (Å²) in [6.07, 6.45) is 0.379. The molecular weight excluding hydrogens is 424 g/mol. The highest BCUT2D eigenvalue weighted by molar-refractivity contribution is 7.09. The molecule has 1 aliphatic heterocycles. The van der Waals surface area contributed by atoms with Gasteiger partial charge in [0.25, 0.3) is 5.91 Å². The quantitative estimate of drug-likeness (QED) is 0.619. The molecule has 0 spiro atoms. The zero-order chi connectivity index (χ0) is 21.3. The predicted octanol–water partition coefficient (Wildman–Crippen LogP) is 4.31. The number of benzene rings is 2. The van der Waals surface area contributed by atoms with Crippen LogP contribution >= 0.6 is 22.9 Å². The molecule has 6 nitrogen and oxygen atoms in total. The van der Waals surface area contributed by atoms with E-state index >= 15 is 0 Å². The Morgan fingerprint density at radius 3 is 2.57 bits per heavy atom. The van der Waals surface area contributed by atoms with E-state index in [0.717, 1.165) is 10.4 Å². The standard InChI is InChI=1S/C22H17ClN2O4S/c23-15-7-8-17-18(10-15)24-20(26)19(11-16-2-1-9-30-16)25(21(17)27)12-13-3-5-14(6-4-13)22(28)29/h1-10,19H,11-12H2,(H,24,26)(H,28,29)/t19-/m1/s1. The van der Waals surface area contributed by atoms with Gasteiger partial charge < -0.3 is 15.3 Å². The zero-order valence-corrected chi connectivity index (χ0v) is 17.2. The number of nitrogens with zero attached hydrogens (tertiary/aromatic N) is 1. The largest absolute Gasteiger partial charge is 0.478 e. The van der Waals surface area contributed by atoms with Crippen LogP contribution in [0, 0.1) is 0 Å². The minimum absolute atomic E-state index is 0.161. The van der Waals surface area contributed by atoms with Gasteiger partial charge in [-0.1, -0.05) is 29.8 Å². The van der Waals surface area contributed by atoms with Gasteiger partial charge in [-0.2, -0.15) is 0 Å². The summed E-state index contributed by atoms with van der Waals surface area (Å²) in [5.41, 5.74) is 1.64. The fourth-order valence-corrected chi connectivity index (χ4v) is 4.33. The second-order valence-electron chi connectivity index (χ2n) is 6.91. The summed E-state index contributed by atoms with van der Waals surface area (Å²) in [7, 11) is 0. The van der Waals surface area contributed by atoms with Gasteiger partial charge in [0.1, 0.15) is 6.04 Å². The van der Waals surface area contributed by atoms with E-state index in [4.69, 9.17) is 16.7 Å². The van der Waals surface area contributed by atoms with Crippen LogP contribution < -0.4 is 5.32 Å². The molecule has 2 heterocycles. The average molecular weight is 441 g/mol. The first-order valence-corrected chi connectivity index (χ1v) is 10.4. The molecule has 1 aliphatic rings. The Kier molecular flexibility index (Phi) is 5.57. The third kappa shape index (κ3) is 4.08. The number of hydrogen-bond donors (Lipinski definition) is 2. The molecule has 30 heavy (non-hydrogen) atoms. The minimum Gasteiger partial charge on any atom is -0.478 e. The van der Waals surface area contributed by atoms with Crippen molar-refractivity contribution in [3.05, 3.63) is 86.6 Å². The van der Waals surface area contributed by atoms with Crippen LogP contribution in [0.5, 0.6) is 0 Å². The number of hydrogen-bond acceptors (Lipinski definition) is 4. The van der Waals surface area contributed by atoms with Gasteiger partial charge in [-0.3, -0.25) is 9.59 Å². The van der Waals surface area contributed by atoms with Crippen LogP contribution in [-0.2, 0) is 17.8 Å². The van der Waals surface area contributed by atoms with E-state index in [9.17, 15) is 14.4 Å². The van der Waals surface area contributed by atoms with Crippen LogP contribution in [0.15, 0.2) is 60.0 Å². The monoisotopic (exact) mass is 440 g/mol. The minimum atomic E-state index is -1.02. The fraction of sp³-hybridized carbons (Fsp3) is 0.136. The molecule has 1 atom stereocenters. The molecule has 0 saturated carbocycles. The van der Waals surface area contributed by atoms with Gasteiger partial charge in [0.2, 0.25) is 5.91 Å². The van der Waals surface area contributed by atoms with E-state index in [1.807, 2.05) is 17.5 Å². The van der Waals surface area contributed by atoms with E-state index < -0.39 is 12.0 Å². The number of carboxylic acid groups (broad SMARTS) is 1. The van der Waals surface area contributed by atoms with Gasteiger partial charge in [-0.15, -0.1) is 11.3 Å². The molecule has 0 aliphatic carbocycles. The Balaban J connectivity index is 1.72. The predicted molar refractivity (Wildman–Crippen MR) is 115 cm³/mol. The highest BCUT2D eigenvalue weighted by Crippen LogP contribution is 2.29. The summed E-state index contributed by atoms with van der Waals surface area (Å²) in [5.74, 6) is -1.60. The molecule has 0 fully saturated rings. The fourth-order valence-electron chi connectivity index (χ4n) is 3.41. The molecule has 2 amide bonds. The van der Waals surface area contributed by atoms with E-state index in [1.165, 1.54) is 28.4 Å². The number of amides is 2. The maximum absolute atomic E-state index is 13.4. The molecule has 2 N–H and O–H groups in total. The number of thiophene rings is 1. The average Bonchev–Trinajstić information content (AvgIpc) is 3.21. The lowest BCUT2D eigenvalue weighted by Crippen LogP contribution is -2.46. The molecule has 0 bridgehead atoms.